The Morgan fingerprint density at radius 2 is 2.09 bits per heavy atom. The number of benzene rings is 2. The van der Waals surface area contributed by atoms with Crippen molar-refractivity contribution >= 4 is 43.1 Å². The van der Waals surface area contributed by atoms with Crippen molar-refractivity contribution in [3.63, 3.8) is 0 Å². The molecule has 3 aliphatic heterocycles. The van der Waals surface area contributed by atoms with E-state index in [0.717, 1.165) is 11.3 Å². The van der Waals surface area contributed by atoms with Gasteiger partial charge in [-0.1, -0.05) is 12.1 Å². The van der Waals surface area contributed by atoms with Gasteiger partial charge in [0.05, 0.1) is 38.7 Å². The third kappa shape index (κ3) is 4.78. The highest BCUT2D eigenvalue weighted by atomic mass is 32.1. The molecular formula is C32H28F6N6O2S. The molecule has 4 aromatic rings. The number of ether oxygens (including phenoxy) is 2. The van der Waals surface area contributed by atoms with Crippen molar-refractivity contribution in [3.05, 3.63) is 41.2 Å². The summed E-state index contributed by atoms with van der Waals surface area (Å²) in [5.74, 6) is -2.31. The molecule has 5 atom stereocenters. The number of nitrogens with zero attached hydrogens (tertiary/aromatic N) is 5. The first kappa shape index (κ1) is 28.2. The summed E-state index contributed by atoms with van der Waals surface area (Å²) in [5.41, 5.74) is 1.36. The van der Waals surface area contributed by atoms with E-state index >= 15 is 8.78 Å². The van der Waals surface area contributed by atoms with Crippen molar-refractivity contribution in [2.75, 3.05) is 50.0 Å². The summed E-state index contributed by atoms with van der Waals surface area (Å²) >= 11 is 0.971. The number of halogens is 6. The summed E-state index contributed by atoms with van der Waals surface area (Å²) < 4.78 is 121. The van der Waals surface area contributed by atoms with Crippen molar-refractivity contribution in [2.24, 2.45) is 5.92 Å². The van der Waals surface area contributed by atoms with Crippen LogP contribution in [0.1, 0.15) is 33.1 Å². The van der Waals surface area contributed by atoms with Gasteiger partial charge in [0.1, 0.15) is 41.3 Å². The lowest BCUT2D eigenvalue weighted by atomic mass is 9.92. The van der Waals surface area contributed by atoms with Crippen LogP contribution in [0.5, 0.6) is 6.01 Å². The lowest BCUT2D eigenvalue weighted by Gasteiger charge is -2.31. The van der Waals surface area contributed by atoms with Crippen LogP contribution in [0.3, 0.4) is 0 Å². The van der Waals surface area contributed by atoms with Crippen LogP contribution >= 0.6 is 11.3 Å². The lowest BCUT2D eigenvalue weighted by molar-refractivity contribution is -0.137. The first-order valence-corrected chi connectivity index (χ1v) is 16.0. The van der Waals surface area contributed by atoms with Crippen LogP contribution in [0.15, 0.2) is 24.3 Å². The number of thiophene rings is 1. The van der Waals surface area contributed by atoms with Crippen LogP contribution in [-0.2, 0) is 10.9 Å². The minimum atomic E-state index is -5.12. The Hall–Kier alpha value is -3.87. The zero-order chi connectivity index (χ0) is 34.6. The number of nitrogen functional groups attached to an aromatic ring is 1. The molecule has 0 amide bonds. The molecule has 8 rings (SSSR count). The van der Waals surface area contributed by atoms with Gasteiger partial charge in [-0.2, -0.15) is 28.4 Å². The van der Waals surface area contributed by atoms with E-state index in [2.05, 4.69) is 9.97 Å². The van der Waals surface area contributed by atoms with Gasteiger partial charge in [-0.05, 0) is 37.1 Å². The largest absolute Gasteiger partial charge is 0.461 e. The Kier molecular flexibility index (Phi) is 6.49. The van der Waals surface area contributed by atoms with E-state index in [1.807, 2.05) is 6.07 Å². The smallest absolute Gasteiger partial charge is 0.417 e. The molecule has 3 saturated heterocycles. The highest BCUT2D eigenvalue weighted by Gasteiger charge is 2.57. The number of hydrogen-bond acceptors (Lipinski definition) is 9. The van der Waals surface area contributed by atoms with Gasteiger partial charge < -0.3 is 20.1 Å². The van der Waals surface area contributed by atoms with Crippen molar-refractivity contribution < 1.29 is 38.6 Å². The van der Waals surface area contributed by atoms with Crippen molar-refractivity contribution in [1.29, 1.82) is 5.26 Å². The quantitative estimate of drug-likeness (QED) is 0.248. The standard InChI is InChI=1S/C32H28F6N6O2S/c33-15-10-31(5-2-6-43(31)12-15)14-46-30-41-26-17(29(42-30)44-7-8-45-13-19-24(34)27(19)44)9-20(32(36,37)38)23(25(26)35)16-3-1-4-21-22(16)18(11-39)28(40)47-21/h1,3-4,9,15,19,24,27H,2,5-8,10,12-14,40H2/t15-,19+,24+,27+,31+/m1/s1/i14D2. The fourth-order valence-electron chi connectivity index (χ4n) is 7.52. The molecule has 1 aliphatic carbocycles. The van der Waals surface area contributed by atoms with Crippen molar-refractivity contribution in [3.8, 4) is 23.2 Å². The maximum absolute atomic E-state index is 17.1. The fraction of sp³-hybridized carbons (Fsp3) is 0.469. The Morgan fingerprint density at radius 3 is 2.87 bits per heavy atom. The molecule has 0 spiro atoms. The van der Waals surface area contributed by atoms with Gasteiger partial charge in [-0.3, -0.25) is 4.90 Å². The van der Waals surface area contributed by atoms with E-state index in [0.29, 0.717) is 23.7 Å². The third-order valence-corrected chi connectivity index (χ3v) is 10.7. The van der Waals surface area contributed by atoms with E-state index in [-0.39, 0.29) is 66.5 Å². The molecule has 246 valence electrons. The van der Waals surface area contributed by atoms with Crippen molar-refractivity contribution in [2.45, 2.75) is 49.4 Å². The lowest BCUT2D eigenvalue weighted by Crippen LogP contribution is -2.43. The van der Waals surface area contributed by atoms with E-state index in [1.165, 1.54) is 17.0 Å². The highest BCUT2D eigenvalue weighted by molar-refractivity contribution is 7.23. The Bertz CT molecular complexity index is 2060. The molecule has 0 bridgehead atoms. The Balaban J connectivity index is 1.38. The number of anilines is 2. The second-order valence-electron chi connectivity index (χ2n) is 12.4. The van der Waals surface area contributed by atoms with Gasteiger partial charge in [0.15, 0.2) is 5.82 Å². The van der Waals surface area contributed by atoms with E-state index in [9.17, 15) is 22.8 Å². The van der Waals surface area contributed by atoms with Gasteiger partial charge >= 0.3 is 12.2 Å². The molecule has 47 heavy (non-hydrogen) atoms. The van der Waals surface area contributed by atoms with Gasteiger partial charge in [0.2, 0.25) is 0 Å². The molecule has 4 aliphatic rings. The second-order valence-corrected chi connectivity index (χ2v) is 13.5. The molecule has 8 nitrogen and oxygen atoms in total. The van der Waals surface area contributed by atoms with Crippen LogP contribution in [0, 0.1) is 23.1 Å². The van der Waals surface area contributed by atoms with Gasteiger partial charge in [0.25, 0.3) is 0 Å². The summed E-state index contributed by atoms with van der Waals surface area (Å²) in [6.45, 7) is -2.03. The van der Waals surface area contributed by atoms with Gasteiger partial charge in [0, 0.05) is 46.5 Å². The molecule has 15 heteroatoms. The number of aromatic nitrogens is 2. The first-order chi connectivity index (χ1) is 23.3. The number of nitrogens with two attached hydrogens (primary N) is 1. The van der Waals surface area contributed by atoms with Crippen molar-refractivity contribution in [1.82, 2.24) is 14.9 Å². The first-order valence-electron chi connectivity index (χ1n) is 16.2. The van der Waals surface area contributed by atoms with Crippen LogP contribution in [-0.4, -0.2) is 78.2 Å². The highest BCUT2D eigenvalue weighted by Crippen LogP contribution is 2.49. The third-order valence-electron chi connectivity index (χ3n) is 9.71. The topological polar surface area (TPSA) is 101 Å². The van der Waals surface area contributed by atoms with Gasteiger partial charge in [-0.15, -0.1) is 11.3 Å². The second kappa shape index (κ2) is 10.8. The molecule has 5 heterocycles. The maximum atomic E-state index is 17.1. The summed E-state index contributed by atoms with van der Waals surface area (Å²) in [5, 5.41) is 9.51. The Morgan fingerprint density at radius 1 is 1.26 bits per heavy atom. The summed E-state index contributed by atoms with van der Waals surface area (Å²) in [6, 6.07) is 5.29. The minimum absolute atomic E-state index is 0.00294. The van der Waals surface area contributed by atoms with Crippen LogP contribution in [0.2, 0.25) is 0 Å². The average Bonchev–Trinajstić information content (AvgIpc) is 3.22. The molecule has 2 aromatic carbocycles. The van der Waals surface area contributed by atoms with E-state index in [1.54, 1.807) is 11.0 Å². The molecule has 0 unspecified atom stereocenters. The monoisotopic (exact) mass is 676 g/mol. The fourth-order valence-corrected chi connectivity index (χ4v) is 8.46. The predicted molar refractivity (Wildman–Crippen MR) is 163 cm³/mol. The molecule has 2 N–H and O–H groups in total. The normalized spacial score (nSPS) is 28.5. The number of fused-ring (bicyclic) bond motifs is 4. The molecule has 1 saturated carbocycles. The zero-order valence-corrected chi connectivity index (χ0v) is 25.4. The minimum Gasteiger partial charge on any atom is -0.461 e. The average molecular weight is 677 g/mol. The predicted octanol–water partition coefficient (Wildman–Crippen LogP) is 6.25. The van der Waals surface area contributed by atoms with Gasteiger partial charge in [-0.25, -0.2) is 13.2 Å². The summed E-state index contributed by atoms with van der Waals surface area (Å²) in [7, 11) is 0. The molecule has 4 fully saturated rings. The SMILES string of the molecule is [2H]C([2H])(Oc1nc(N2CCOC[C@H]3[C@H](F)[C@H]32)c2cc(C(F)(F)F)c(-c3cccc4sc(N)c(C#N)c34)c(F)c2n1)[C@@]12CCCN1C[C@H](F)C2. The number of nitriles is 1. The van der Waals surface area contributed by atoms with E-state index in [4.69, 9.17) is 17.9 Å². The van der Waals surface area contributed by atoms with Crippen LogP contribution < -0.4 is 15.4 Å². The zero-order valence-electron chi connectivity index (χ0n) is 26.6. The molecular weight excluding hydrogens is 646 g/mol. The molecule has 2 aromatic heterocycles. The number of rotatable bonds is 5. The maximum Gasteiger partial charge on any atom is 0.417 e. The Labute approximate surface area is 271 Å². The number of hydrogen-bond donors (Lipinski definition) is 1. The summed E-state index contributed by atoms with van der Waals surface area (Å²) in [6.07, 6.45) is -7.15. The summed E-state index contributed by atoms with van der Waals surface area (Å²) in [4.78, 5) is 11.6. The number of alkyl halides is 5. The molecule has 0 radical (unpaired) electrons. The van der Waals surface area contributed by atoms with E-state index < -0.39 is 76.4 Å². The van der Waals surface area contributed by atoms with Crippen LogP contribution in [0.25, 0.3) is 32.1 Å². The van der Waals surface area contributed by atoms with Crippen LogP contribution in [0.4, 0.5) is 37.2 Å².